The third kappa shape index (κ3) is 2.81. The number of fused-ring (bicyclic) bond motifs is 3. The van der Waals surface area contributed by atoms with E-state index >= 15 is 0 Å². The molecule has 1 fully saturated rings. The van der Waals surface area contributed by atoms with Crippen molar-refractivity contribution in [3.05, 3.63) is 66.8 Å². The van der Waals surface area contributed by atoms with Crippen molar-refractivity contribution >= 4 is 34.6 Å². The zero-order chi connectivity index (χ0) is 20.4. The number of rotatable bonds is 2. The van der Waals surface area contributed by atoms with Crippen molar-refractivity contribution < 1.29 is 9.31 Å². The molecule has 0 N–H and O–H groups in total. The second-order valence-electron chi connectivity index (χ2n) is 9.38. The first-order valence-electron chi connectivity index (χ1n) is 10.5. The van der Waals surface area contributed by atoms with Gasteiger partial charge in [0.25, 0.3) is 0 Å². The molecule has 2 unspecified atom stereocenters. The molecule has 1 aromatic heterocycles. The van der Waals surface area contributed by atoms with Crippen LogP contribution in [0, 0.1) is 5.92 Å². The summed E-state index contributed by atoms with van der Waals surface area (Å²) in [6, 6.07) is 17.3. The van der Waals surface area contributed by atoms with Gasteiger partial charge < -0.3 is 13.9 Å². The Balaban J connectivity index is 1.64. The van der Waals surface area contributed by atoms with Gasteiger partial charge in [-0.2, -0.15) is 0 Å². The van der Waals surface area contributed by atoms with Crippen molar-refractivity contribution in [3.8, 4) is 0 Å². The highest BCUT2D eigenvalue weighted by molar-refractivity contribution is 6.48. The van der Waals surface area contributed by atoms with Gasteiger partial charge in [-0.25, -0.2) is 0 Å². The summed E-state index contributed by atoms with van der Waals surface area (Å²) in [4.78, 5) is 0. The third-order valence-corrected chi connectivity index (χ3v) is 6.96. The van der Waals surface area contributed by atoms with E-state index in [1.807, 2.05) is 0 Å². The summed E-state index contributed by atoms with van der Waals surface area (Å²) in [6.45, 7) is 10.7. The minimum absolute atomic E-state index is 0.163. The zero-order valence-corrected chi connectivity index (χ0v) is 17.8. The minimum Gasteiger partial charge on any atom is -0.403 e. The predicted molar refractivity (Wildman–Crippen MR) is 122 cm³/mol. The Bertz CT molecular complexity index is 1080. The van der Waals surface area contributed by atoms with E-state index in [0.717, 1.165) is 0 Å². The van der Waals surface area contributed by atoms with Gasteiger partial charge in [-0.15, -0.1) is 0 Å². The summed E-state index contributed by atoms with van der Waals surface area (Å²) >= 11 is 0. The molecule has 1 aliphatic carbocycles. The van der Waals surface area contributed by atoms with Gasteiger partial charge in [0.05, 0.1) is 22.2 Å². The van der Waals surface area contributed by atoms with Crippen LogP contribution in [-0.2, 0) is 9.31 Å². The molecule has 1 aliphatic heterocycles. The molecule has 3 nitrogen and oxygen atoms in total. The molecule has 148 valence electrons. The molecule has 0 saturated carbocycles. The molecule has 0 bridgehead atoms. The lowest BCUT2D eigenvalue weighted by Gasteiger charge is -2.32. The van der Waals surface area contributed by atoms with Gasteiger partial charge >= 0.3 is 7.12 Å². The number of hydrogen-bond acceptors (Lipinski definition) is 2. The van der Waals surface area contributed by atoms with E-state index in [9.17, 15) is 0 Å². The van der Waals surface area contributed by atoms with Gasteiger partial charge in [0.2, 0.25) is 0 Å². The first-order chi connectivity index (χ1) is 13.8. The first-order valence-corrected chi connectivity index (χ1v) is 10.5. The SMILES string of the molecule is CC1C=CC(n2c3ccccc3c3ccccc32)=CC1B1OC(C)(C)C(C)(C)O1. The van der Waals surface area contributed by atoms with E-state index in [0.29, 0.717) is 5.92 Å². The average Bonchev–Trinajstić information content (AvgIpc) is 3.13. The highest BCUT2D eigenvalue weighted by atomic mass is 16.7. The molecule has 0 radical (unpaired) electrons. The fourth-order valence-corrected chi connectivity index (χ4v) is 4.51. The summed E-state index contributed by atoms with van der Waals surface area (Å²) in [5, 5.41) is 2.56. The molecule has 0 amide bonds. The Hall–Kier alpha value is -2.30. The molecule has 2 atom stereocenters. The van der Waals surface area contributed by atoms with Crippen LogP contribution in [0.2, 0.25) is 5.82 Å². The highest BCUT2D eigenvalue weighted by Crippen LogP contribution is 2.45. The second kappa shape index (κ2) is 6.35. The van der Waals surface area contributed by atoms with Gasteiger partial charge in [-0.3, -0.25) is 0 Å². The van der Waals surface area contributed by atoms with Gasteiger partial charge in [-0.05, 0) is 51.8 Å². The minimum atomic E-state index is -0.320. The fraction of sp³-hybridized carbons (Fsp3) is 0.360. The van der Waals surface area contributed by atoms with Crippen molar-refractivity contribution in [2.75, 3.05) is 0 Å². The highest BCUT2D eigenvalue weighted by Gasteiger charge is 2.54. The summed E-state index contributed by atoms with van der Waals surface area (Å²) < 4.78 is 15.2. The molecule has 1 saturated heterocycles. The van der Waals surface area contributed by atoms with Crippen LogP contribution in [0.1, 0.15) is 34.6 Å². The van der Waals surface area contributed by atoms with Crippen LogP contribution >= 0.6 is 0 Å². The molecule has 0 spiro atoms. The predicted octanol–water partition coefficient (Wildman–Crippen LogP) is 6.30. The van der Waals surface area contributed by atoms with E-state index < -0.39 is 0 Å². The maximum atomic E-state index is 6.40. The molecule has 2 heterocycles. The zero-order valence-electron chi connectivity index (χ0n) is 17.8. The van der Waals surface area contributed by atoms with Crippen LogP contribution < -0.4 is 0 Å². The van der Waals surface area contributed by atoms with Crippen LogP contribution in [0.4, 0.5) is 0 Å². The maximum Gasteiger partial charge on any atom is 0.465 e. The summed E-state index contributed by atoms with van der Waals surface area (Å²) in [6.07, 6.45) is 6.87. The fourth-order valence-electron chi connectivity index (χ4n) is 4.51. The van der Waals surface area contributed by atoms with E-state index in [4.69, 9.17) is 9.31 Å². The molecule has 3 aromatic rings. The lowest BCUT2D eigenvalue weighted by Crippen LogP contribution is -2.41. The van der Waals surface area contributed by atoms with Crippen LogP contribution in [0.15, 0.2) is 66.8 Å². The van der Waals surface area contributed by atoms with Crippen LogP contribution in [0.25, 0.3) is 27.5 Å². The second-order valence-corrected chi connectivity index (χ2v) is 9.38. The summed E-state index contributed by atoms with van der Waals surface area (Å²) in [5.74, 6) is 0.512. The van der Waals surface area contributed by atoms with Crippen LogP contribution in [0.5, 0.6) is 0 Å². The lowest BCUT2D eigenvalue weighted by atomic mass is 9.63. The number of allylic oxidation sites excluding steroid dienone is 4. The Labute approximate surface area is 173 Å². The van der Waals surface area contributed by atoms with Crippen molar-refractivity contribution in [1.29, 1.82) is 0 Å². The quantitative estimate of drug-likeness (QED) is 0.483. The Morgan fingerprint density at radius 1 is 0.828 bits per heavy atom. The number of hydrogen-bond donors (Lipinski definition) is 0. The largest absolute Gasteiger partial charge is 0.465 e. The smallest absolute Gasteiger partial charge is 0.403 e. The van der Waals surface area contributed by atoms with E-state index in [1.54, 1.807) is 0 Å². The number of aromatic nitrogens is 1. The Morgan fingerprint density at radius 2 is 1.34 bits per heavy atom. The first kappa shape index (κ1) is 18.7. The standard InChI is InChI=1S/C25H28BNO2/c1-17-14-15-18(16-21(17)26-28-24(2,3)25(4,5)29-26)27-22-12-8-6-10-19(22)20-11-7-9-13-23(20)27/h6-17,21H,1-5H3. The van der Waals surface area contributed by atoms with Crippen LogP contribution in [-0.4, -0.2) is 22.9 Å². The number of para-hydroxylation sites is 2. The molecular formula is C25H28BNO2. The van der Waals surface area contributed by atoms with Gasteiger partial charge in [0.1, 0.15) is 0 Å². The third-order valence-electron chi connectivity index (χ3n) is 6.96. The van der Waals surface area contributed by atoms with Crippen LogP contribution in [0.3, 0.4) is 0 Å². The van der Waals surface area contributed by atoms with E-state index in [1.165, 1.54) is 27.5 Å². The number of benzene rings is 2. The van der Waals surface area contributed by atoms with Crippen molar-refractivity contribution in [3.63, 3.8) is 0 Å². The molecule has 29 heavy (non-hydrogen) atoms. The molecule has 4 heteroatoms. The molecular weight excluding hydrogens is 357 g/mol. The normalized spacial score (nSPS) is 25.7. The molecule has 2 aromatic carbocycles. The number of nitrogens with zero attached hydrogens (tertiary/aromatic N) is 1. The summed E-state index contributed by atoms with van der Waals surface area (Å²) in [7, 11) is -0.247. The lowest BCUT2D eigenvalue weighted by molar-refractivity contribution is 0.00578. The molecule has 5 rings (SSSR count). The topological polar surface area (TPSA) is 23.4 Å². The van der Waals surface area contributed by atoms with Crippen molar-refractivity contribution in [2.24, 2.45) is 5.92 Å². The maximum absolute atomic E-state index is 6.40. The van der Waals surface area contributed by atoms with E-state index in [-0.39, 0.29) is 24.1 Å². The van der Waals surface area contributed by atoms with Gasteiger partial charge in [0, 0.05) is 22.3 Å². The van der Waals surface area contributed by atoms with Crippen molar-refractivity contribution in [1.82, 2.24) is 4.57 Å². The van der Waals surface area contributed by atoms with Crippen molar-refractivity contribution in [2.45, 2.75) is 51.6 Å². The van der Waals surface area contributed by atoms with Gasteiger partial charge in [0.15, 0.2) is 0 Å². The Kier molecular flexibility index (Phi) is 4.10. The van der Waals surface area contributed by atoms with E-state index in [2.05, 4.69) is 106 Å². The average molecular weight is 385 g/mol. The van der Waals surface area contributed by atoms with Gasteiger partial charge in [-0.1, -0.05) is 55.5 Å². The Morgan fingerprint density at radius 3 is 1.90 bits per heavy atom. The monoisotopic (exact) mass is 385 g/mol. The molecule has 2 aliphatic rings. The summed E-state index contributed by atoms with van der Waals surface area (Å²) in [5.41, 5.74) is 3.00.